The number of pyridine rings is 1. The van der Waals surface area contributed by atoms with Gasteiger partial charge in [0.25, 0.3) is 5.91 Å². The van der Waals surface area contributed by atoms with Crippen LogP contribution in [0.1, 0.15) is 27.2 Å². The van der Waals surface area contributed by atoms with Crippen molar-refractivity contribution in [1.29, 1.82) is 0 Å². The number of phenols is 1. The zero-order valence-corrected chi connectivity index (χ0v) is 17.1. The number of rotatable bonds is 5. The molecule has 0 atom stereocenters. The zero-order valence-electron chi connectivity index (χ0n) is 16.4. The van der Waals surface area contributed by atoms with Gasteiger partial charge < -0.3 is 5.11 Å². The predicted octanol–water partition coefficient (Wildman–Crippen LogP) is 5.53. The molecule has 1 aromatic heterocycles. The Morgan fingerprint density at radius 1 is 0.935 bits per heavy atom. The minimum absolute atomic E-state index is 0.0784. The Morgan fingerprint density at radius 3 is 2.42 bits per heavy atom. The van der Waals surface area contributed by atoms with Gasteiger partial charge in [0.15, 0.2) is 0 Å². The van der Waals surface area contributed by atoms with Gasteiger partial charge in [-0.15, -0.1) is 0 Å². The fourth-order valence-electron chi connectivity index (χ4n) is 3.13. The first-order chi connectivity index (χ1) is 15.1. The minimum atomic E-state index is -0.419. The van der Waals surface area contributed by atoms with E-state index in [0.29, 0.717) is 5.56 Å². The Balaban J connectivity index is 1.56. The number of halogens is 1. The zero-order chi connectivity index (χ0) is 21.6. The number of hydrogen-bond acceptors (Lipinski definition) is 4. The second-order valence-electron chi connectivity index (χ2n) is 6.74. The van der Waals surface area contributed by atoms with Crippen molar-refractivity contribution in [2.24, 2.45) is 5.10 Å². The number of phenolic OH excluding ortho intramolecular Hbond substituents is 1. The second-order valence-corrected chi connectivity index (χ2v) is 7.15. The maximum absolute atomic E-state index is 12.3. The SMILES string of the molecule is O=C(NN=Cc1ccc(C=Cc2ccccn2)c2ccccc12)c1ccc(O)c(Cl)c1. The van der Waals surface area contributed by atoms with Crippen LogP contribution in [0, 0.1) is 0 Å². The number of aromatic hydroxyl groups is 1. The average molecular weight is 428 g/mol. The van der Waals surface area contributed by atoms with Crippen LogP contribution in [0.2, 0.25) is 5.02 Å². The summed E-state index contributed by atoms with van der Waals surface area (Å²) in [6.45, 7) is 0. The third kappa shape index (κ3) is 4.79. The van der Waals surface area contributed by atoms with Gasteiger partial charge in [0, 0.05) is 17.3 Å². The fourth-order valence-corrected chi connectivity index (χ4v) is 3.31. The molecule has 2 N–H and O–H groups in total. The lowest BCUT2D eigenvalue weighted by molar-refractivity contribution is 0.0955. The molecule has 0 aliphatic heterocycles. The number of nitrogens with zero attached hydrogens (tertiary/aromatic N) is 2. The molecule has 0 bridgehead atoms. The van der Waals surface area contributed by atoms with Crippen LogP contribution in [0.4, 0.5) is 0 Å². The summed E-state index contributed by atoms with van der Waals surface area (Å²) in [5, 5.41) is 15.7. The normalized spacial score (nSPS) is 11.4. The first kappa shape index (κ1) is 20.3. The second kappa shape index (κ2) is 9.24. The quantitative estimate of drug-likeness (QED) is 0.325. The molecule has 31 heavy (non-hydrogen) atoms. The Morgan fingerprint density at radius 2 is 1.68 bits per heavy atom. The summed E-state index contributed by atoms with van der Waals surface area (Å²) in [5.41, 5.74) is 5.60. The summed E-state index contributed by atoms with van der Waals surface area (Å²) >= 11 is 5.85. The molecule has 0 spiro atoms. The van der Waals surface area contributed by atoms with Crippen LogP contribution in [0.25, 0.3) is 22.9 Å². The van der Waals surface area contributed by atoms with Crippen LogP contribution in [-0.4, -0.2) is 22.2 Å². The van der Waals surface area contributed by atoms with Crippen LogP contribution >= 0.6 is 11.6 Å². The van der Waals surface area contributed by atoms with E-state index in [0.717, 1.165) is 27.6 Å². The number of carbonyl (C=O) groups is 1. The molecule has 3 aromatic carbocycles. The molecule has 6 heteroatoms. The Kier molecular flexibility index (Phi) is 6.05. The largest absolute Gasteiger partial charge is 0.506 e. The van der Waals surface area contributed by atoms with Gasteiger partial charge >= 0.3 is 0 Å². The van der Waals surface area contributed by atoms with Crippen LogP contribution in [0.3, 0.4) is 0 Å². The highest BCUT2D eigenvalue weighted by Crippen LogP contribution is 2.24. The number of hydrogen-bond donors (Lipinski definition) is 2. The highest BCUT2D eigenvalue weighted by molar-refractivity contribution is 6.32. The topological polar surface area (TPSA) is 74.6 Å². The van der Waals surface area contributed by atoms with Gasteiger partial charge in [0.05, 0.1) is 16.9 Å². The summed E-state index contributed by atoms with van der Waals surface area (Å²) in [4.78, 5) is 16.6. The molecule has 5 nitrogen and oxygen atoms in total. The van der Waals surface area contributed by atoms with E-state index in [4.69, 9.17) is 11.6 Å². The molecule has 4 aromatic rings. The lowest BCUT2D eigenvalue weighted by Crippen LogP contribution is -2.17. The number of fused-ring (bicyclic) bond motifs is 1. The van der Waals surface area contributed by atoms with Gasteiger partial charge in [-0.1, -0.05) is 60.1 Å². The summed E-state index contributed by atoms with van der Waals surface area (Å²) in [5.74, 6) is -0.497. The van der Waals surface area contributed by atoms with Crippen molar-refractivity contribution < 1.29 is 9.90 Å². The van der Waals surface area contributed by atoms with Gasteiger partial charge in [0.2, 0.25) is 0 Å². The van der Waals surface area contributed by atoms with E-state index >= 15 is 0 Å². The van der Waals surface area contributed by atoms with Crippen molar-refractivity contribution in [2.75, 3.05) is 0 Å². The summed E-state index contributed by atoms with van der Waals surface area (Å²) in [6, 6.07) is 22.0. The first-order valence-corrected chi connectivity index (χ1v) is 9.92. The standard InChI is InChI=1S/C25H18ClN3O2/c26-23-15-18(11-13-24(23)30)25(31)29-28-16-19-9-8-17(21-6-1-2-7-22(19)21)10-12-20-5-3-4-14-27-20/h1-16,30H,(H,29,31). The molecule has 0 aliphatic carbocycles. The molecule has 152 valence electrons. The smallest absolute Gasteiger partial charge is 0.271 e. The third-order valence-electron chi connectivity index (χ3n) is 4.69. The van der Waals surface area contributed by atoms with Crippen molar-refractivity contribution in [3.05, 3.63) is 106 Å². The molecule has 4 rings (SSSR count). The van der Waals surface area contributed by atoms with Crippen molar-refractivity contribution >= 4 is 46.6 Å². The molecule has 0 fully saturated rings. The van der Waals surface area contributed by atoms with E-state index in [-0.39, 0.29) is 10.8 Å². The molecule has 0 saturated carbocycles. The van der Waals surface area contributed by atoms with E-state index in [9.17, 15) is 9.90 Å². The van der Waals surface area contributed by atoms with Gasteiger partial charge in [-0.2, -0.15) is 5.10 Å². The van der Waals surface area contributed by atoms with Gasteiger partial charge in [-0.3, -0.25) is 9.78 Å². The highest BCUT2D eigenvalue weighted by Gasteiger charge is 2.08. The number of aromatic nitrogens is 1. The number of nitrogens with one attached hydrogen (secondary N) is 1. The lowest BCUT2D eigenvalue weighted by Gasteiger charge is -2.06. The molecule has 0 unspecified atom stereocenters. The lowest BCUT2D eigenvalue weighted by atomic mass is 9.99. The maximum atomic E-state index is 12.3. The summed E-state index contributed by atoms with van der Waals surface area (Å²) in [6.07, 6.45) is 7.37. The van der Waals surface area contributed by atoms with Gasteiger partial charge in [-0.05, 0) is 52.7 Å². The number of benzene rings is 3. The van der Waals surface area contributed by atoms with Crippen LogP contribution in [-0.2, 0) is 0 Å². The average Bonchev–Trinajstić information content (AvgIpc) is 2.80. The summed E-state index contributed by atoms with van der Waals surface area (Å²) < 4.78 is 0. The monoisotopic (exact) mass is 427 g/mol. The minimum Gasteiger partial charge on any atom is -0.506 e. The molecule has 0 radical (unpaired) electrons. The first-order valence-electron chi connectivity index (χ1n) is 9.54. The number of carbonyl (C=O) groups excluding carboxylic acids is 1. The molecule has 1 heterocycles. The van der Waals surface area contributed by atoms with Crippen LogP contribution in [0.15, 0.2) is 84.1 Å². The Hall–Kier alpha value is -3.96. The van der Waals surface area contributed by atoms with Gasteiger partial charge in [-0.25, -0.2) is 5.43 Å². The van der Waals surface area contributed by atoms with E-state index < -0.39 is 5.91 Å². The molecular weight excluding hydrogens is 410 g/mol. The van der Waals surface area contributed by atoms with Crippen molar-refractivity contribution in [1.82, 2.24) is 10.4 Å². The van der Waals surface area contributed by atoms with Crippen LogP contribution < -0.4 is 5.43 Å². The molecule has 0 saturated heterocycles. The van der Waals surface area contributed by atoms with Crippen LogP contribution in [0.5, 0.6) is 5.75 Å². The number of amides is 1. The van der Waals surface area contributed by atoms with E-state index in [1.54, 1.807) is 12.4 Å². The fraction of sp³-hybridized carbons (Fsp3) is 0. The summed E-state index contributed by atoms with van der Waals surface area (Å²) in [7, 11) is 0. The highest BCUT2D eigenvalue weighted by atomic mass is 35.5. The van der Waals surface area contributed by atoms with E-state index in [1.807, 2.05) is 66.7 Å². The van der Waals surface area contributed by atoms with E-state index in [2.05, 4.69) is 15.5 Å². The Labute approximate surface area is 184 Å². The molecular formula is C25H18ClN3O2. The van der Waals surface area contributed by atoms with Gasteiger partial charge in [0.1, 0.15) is 5.75 Å². The van der Waals surface area contributed by atoms with Crippen molar-refractivity contribution in [3.63, 3.8) is 0 Å². The van der Waals surface area contributed by atoms with E-state index in [1.165, 1.54) is 18.2 Å². The molecule has 0 aliphatic rings. The molecule has 1 amide bonds. The Bertz CT molecular complexity index is 1300. The third-order valence-corrected chi connectivity index (χ3v) is 5.00. The maximum Gasteiger partial charge on any atom is 0.271 e. The van der Waals surface area contributed by atoms with Crippen molar-refractivity contribution in [2.45, 2.75) is 0 Å². The van der Waals surface area contributed by atoms with Crippen molar-refractivity contribution in [3.8, 4) is 5.75 Å². The predicted molar refractivity (Wildman–Crippen MR) is 125 cm³/mol. The number of hydrazone groups is 1.